The van der Waals surface area contributed by atoms with Gasteiger partial charge in [0.15, 0.2) is 5.82 Å². The molecule has 31 heavy (non-hydrogen) atoms. The van der Waals surface area contributed by atoms with Crippen molar-refractivity contribution >= 4 is 29.7 Å². The Hall–Kier alpha value is -2.48. The lowest BCUT2D eigenvalue weighted by molar-refractivity contribution is -0.117. The maximum absolute atomic E-state index is 12.6. The Morgan fingerprint density at radius 3 is 2.39 bits per heavy atom. The number of amides is 1. The molecule has 1 rings (SSSR count). The lowest BCUT2D eigenvalue weighted by Crippen LogP contribution is -2.21. The van der Waals surface area contributed by atoms with Gasteiger partial charge in [0, 0.05) is 19.5 Å². The van der Waals surface area contributed by atoms with Crippen molar-refractivity contribution in [2.24, 2.45) is 11.8 Å². The van der Waals surface area contributed by atoms with Gasteiger partial charge in [-0.05, 0) is 24.5 Å². The fourth-order valence-electron chi connectivity index (χ4n) is 2.77. The summed E-state index contributed by atoms with van der Waals surface area (Å²) < 4.78 is 32.9. The van der Waals surface area contributed by atoms with E-state index in [1.54, 1.807) is 29.2 Å². The topological polar surface area (TPSA) is 46.9 Å². The molecule has 1 N–H and O–H groups in total. The van der Waals surface area contributed by atoms with Gasteiger partial charge in [-0.2, -0.15) is 13.2 Å². The zero-order valence-corrected chi connectivity index (χ0v) is 19.2. The van der Waals surface area contributed by atoms with Gasteiger partial charge < -0.3 is 5.32 Å². The Balaban J connectivity index is 0.00000161. The summed E-state index contributed by atoms with van der Waals surface area (Å²) >= 11 is 1.52. The number of hydrogen-bond acceptors (Lipinski definition) is 3. The molecule has 0 aliphatic carbocycles. The Morgan fingerprint density at radius 1 is 1.29 bits per heavy atom. The van der Waals surface area contributed by atoms with Gasteiger partial charge in [0.1, 0.15) is 11.4 Å². The summed E-state index contributed by atoms with van der Waals surface area (Å²) in [5.41, 5.74) is 0. The molecular weight excluding hydrogens is 423 g/mol. The standard InChI is InChI=1S/C21H29N3OS.C2H3F3/c1-6-10-12-14-18(13-11-7-2)17(8-3)15-19(25)23-20-21(26-5)24(9-4)16-22-20;1-2(3,4)5/h6-7,9-13,16-18H,1-2,4,8,14-15H2,3,5H3,(H,23,25);1H3/b12-10+,13-11+;. The van der Waals surface area contributed by atoms with Crippen molar-refractivity contribution in [2.45, 2.75) is 44.3 Å². The predicted octanol–water partition coefficient (Wildman–Crippen LogP) is 7.12. The van der Waals surface area contributed by atoms with Gasteiger partial charge in [0.25, 0.3) is 0 Å². The second kappa shape index (κ2) is 15.3. The van der Waals surface area contributed by atoms with Crippen LogP contribution in [0.5, 0.6) is 0 Å². The number of aromatic nitrogens is 2. The average Bonchev–Trinajstić information content (AvgIpc) is 3.09. The number of carbonyl (C=O) groups excluding carboxylic acids is 1. The lowest BCUT2D eigenvalue weighted by Gasteiger charge is -2.22. The molecule has 0 spiro atoms. The highest BCUT2D eigenvalue weighted by Gasteiger charge is 2.21. The normalized spacial score (nSPS) is 13.4. The monoisotopic (exact) mass is 455 g/mol. The molecule has 0 saturated heterocycles. The number of hydrogen-bond donors (Lipinski definition) is 1. The summed E-state index contributed by atoms with van der Waals surface area (Å²) in [7, 11) is 0. The van der Waals surface area contributed by atoms with E-state index in [0.717, 1.165) is 17.9 Å². The molecule has 0 aliphatic rings. The van der Waals surface area contributed by atoms with Gasteiger partial charge in [-0.3, -0.25) is 9.36 Å². The lowest BCUT2D eigenvalue weighted by atomic mass is 9.84. The smallest absolute Gasteiger partial charge is 0.308 e. The zero-order valence-electron chi connectivity index (χ0n) is 18.4. The molecule has 0 saturated carbocycles. The minimum atomic E-state index is -4.00. The fourth-order valence-corrected chi connectivity index (χ4v) is 3.40. The van der Waals surface area contributed by atoms with E-state index in [2.05, 4.69) is 49.1 Å². The maximum atomic E-state index is 12.6. The molecule has 1 aromatic rings. The van der Waals surface area contributed by atoms with E-state index in [0.29, 0.717) is 12.2 Å². The quantitative estimate of drug-likeness (QED) is 0.270. The average molecular weight is 456 g/mol. The fraction of sp³-hybridized carbons (Fsp3) is 0.391. The minimum Gasteiger partial charge on any atom is -0.308 e. The van der Waals surface area contributed by atoms with Crippen LogP contribution >= 0.6 is 11.8 Å². The summed E-state index contributed by atoms with van der Waals surface area (Å²) in [6.07, 6.45) is 15.1. The van der Waals surface area contributed by atoms with E-state index in [4.69, 9.17) is 0 Å². The Kier molecular flexibility index (Phi) is 14.1. The Morgan fingerprint density at radius 2 is 1.90 bits per heavy atom. The van der Waals surface area contributed by atoms with Gasteiger partial charge >= 0.3 is 6.18 Å². The second-order valence-electron chi connectivity index (χ2n) is 6.58. The Bertz CT molecular complexity index is 761. The van der Waals surface area contributed by atoms with Crippen LogP contribution in [0.4, 0.5) is 19.0 Å². The molecule has 8 heteroatoms. The van der Waals surface area contributed by atoms with E-state index < -0.39 is 6.18 Å². The number of nitrogens with zero attached hydrogens (tertiary/aromatic N) is 2. The number of anilines is 1. The SMILES string of the molecule is C=C/C=C/CC(/C=C/C=C)C(CC)CC(=O)Nc1ncn(C=C)c1SC.CC(F)(F)F. The first kappa shape index (κ1) is 28.5. The highest BCUT2D eigenvalue weighted by molar-refractivity contribution is 7.98. The molecule has 0 fully saturated rings. The van der Waals surface area contributed by atoms with Crippen molar-refractivity contribution in [1.82, 2.24) is 9.55 Å². The zero-order chi connectivity index (χ0) is 23.9. The molecule has 1 amide bonds. The van der Waals surface area contributed by atoms with Crippen molar-refractivity contribution in [3.8, 4) is 0 Å². The van der Waals surface area contributed by atoms with E-state index in [9.17, 15) is 18.0 Å². The number of carbonyl (C=O) groups is 1. The molecule has 0 aliphatic heterocycles. The third-order valence-corrected chi connectivity index (χ3v) is 4.94. The van der Waals surface area contributed by atoms with Gasteiger partial charge in [0.2, 0.25) is 5.91 Å². The Labute approximate surface area is 187 Å². The van der Waals surface area contributed by atoms with Gasteiger partial charge in [0.05, 0.1) is 0 Å². The summed E-state index contributed by atoms with van der Waals surface area (Å²) in [6.45, 7) is 13.5. The molecule has 2 atom stereocenters. The summed E-state index contributed by atoms with van der Waals surface area (Å²) in [6, 6.07) is 0. The van der Waals surface area contributed by atoms with Crippen molar-refractivity contribution in [2.75, 3.05) is 11.6 Å². The first-order valence-electron chi connectivity index (χ1n) is 9.77. The molecule has 2 unspecified atom stereocenters. The van der Waals surface area contributed by atoms with Crippen LogP contribution in [0.1, 0.15) is 33.1 Å². The number of allylic oxidation sites excluding steroid dienone is 6. The summed E-state index contributed by atoms with van der Waals surface area (Å²) in [4.78, 5) is 16.9. The molecule has 0 radical (unpaired) electrons. The number of alkyl halides is 3. The number of thioether (sulfide) groups is 1. The van der Waals surface area contributed by atoms with Gasteiger partial charge in [-0.25, -0.2) is 4.98 Å². The summed E-state index contributed by atoms with van der Waals surface area (Å²) in [5.74, 6) is 1.07. The minimum absolute atomic E-state index is 0.0221. The van der Waals surface area contributed by atoms with E-state index in [1.807, 2.05) is 18.4 Å². The van der Waals surface area contributed by atoms with Crippen LogP contribution in [-0.2, 0) is 4.79 Å². The second-order valence-corrected chi connectivity index (χ2v) is 7.37. The maximum Gasteiger partial charge on any atom is 0.386 e. The van der Waals surface area contributed by atoms with Crippen LogP contribution in [0.25, 0.3) is 6.20 Å². The van der Waals surface area contributed by atoms with Crippen molar-refractivity contribution in [1.29, 1.82) is 0 Å². The van der Waals surface area contributed by atoms with Crippen molar-refractivity contribution < 1.29 is 18.0 Å². The molecule has 0 aromatic carbocycles. The van der Waals surface area contributed by atoms with Crippen LogP contribution < -0.4 is 5.32 Å². The molecule has 1 heterocycles. The first-order chi connectivity index (χ1) is 14.6. The van der Waals surface area contributed by atoms with E-state index in [-0.39, 0.29) is 24.7 Å². The summed E-state index contributed by atoms with van der Waals surface area (Å²) in [5, 5.41) is 3.81. The number of imidazole rings is 1. The van der Waals surface area contributed by atoms with Gasteiger partial charge in [-0.15, -0.1) is 11.8 Å². The van der Waals surface area contributed by atoms with Crippen molar-refractivity contribution in [3.63, 3.8) is 0 Å². The third kappa shape index (κ3) is 12.7. The highest BCUT2D eigenvalue weighted by atomic mass is 32.2. The predicted molar refractivity (Wildman–Crippen MR) is 126 cm³/mol. The molecular formula is C23H32F3N3OS. The first-order valence-corrected chi connectivity index (χ1v) is 11.0. The van der Waals surface area contributed by atoms with Crippen LogP contribution in [0.2, 0.25) is 0 Å². The van der Waals surface area contributed by atoms with Gasteiger partial charge in [-0.1, -0.05) is 69.5 Å². The van der Waals surface area contributed by atoms with E-state index >= 15 is 0 Å². The van der Waals surface area contributed by atoms with Crippen LogP contribution in [-0.4, -0.2) is 27.9 Å². The number of rotatable bonds is 12. The van der Waals surface area contributed by atoms with Crippen molar-refractivity contribution in [3.05, 3.63) is 62.5 Å². The largest absolute Gasteiger partial charge is 0.386 e. The number of halogens is 3. The third-order valence-electron chi connectivity index (χ3n) is 4.15. The van der Waals surface area contributed by atoms with Crippen LogP contribution in [0.15, 0.2) is 67.5 Å². The van der Waals surface area contributed by atoms with Crippen LogP contribution in [0, 0.1) is 11.8 Å². The highest BCUT2D eigenvalue weighted by Crippen LogP contribution is 2.28. The number of nitrogens with one attached hydrogen (secondary N) is 1. The molecule has 172 valence electrons. The van der Waals surface area contributed by atoms with E-state index in [1.165, 1.54) is 11.8 Å². The molecule has 1 aromatic heterocycles. The molecule has 0 bridgehead atoms. The molecule has 4 nitrogen and oxygen atoms in total. The van der Waals surface area contributed by atoms with Crippen LogP contribution in [0.3, 0.4) is 0 Å².